The molecule has 0 saturated carbocycles. The summed E-state index contributed by atoms with van der Waals surface area (Å²) in [5, 5.41) is 2.04. The van der Waals surface area contributed by atoms with Crippen LogP contribution in [0.25, 0.3) is 0 Å². The third kappa shape index (κ3) is 4.11. The predicted octanol–water partition coefficient (Wildman–Crippen LogP) is 3.23. The monoisotopic (exact) mass is 279 g/mol. The van der Waals surface area contributed by atoms with Crippen molar-refractivity contribution in [1.82, 2.24) is 4.90 Å². The van der Waals surface area contributed by atoms with Crippen molar-refractivity contribution in [1.29, 1.82) is 0 Å². The highest BCUT2D eigenvalue weighted by atomic mass is 79.9. The van der Waals surface area contributed by atoms with Gasteiger partial charge in [-0.1, -0.05) is 36.2 Å². The van der Waals surface area contributed by atoms with Crippen LogP contribution >= 0.6 is 27.7 Å². The highest BCUT2D eigenvalue weighted by molar-refractivity contribution is 9.09. The summed E-state index contributed by atoms with van der Waals surface area (Å²) in [5.74, 6) is 2.17. The second-order valence-corrected chi connectivity index (χ2v) is 6.14. The maximum Gasteiger partial charge on any atom is 0.0172 e. The van der Waals surface area contributed by atoms with Gasteiger partial charge >= 0.3 is 0 Å². The van der Waals surface area contributed by atoms with Crippen molar-refractivity contribution in [2.75, 3.05) is 30.7 Å². The number of thioether (sulfide) groups is 1. The van der Waals surface area contributed by atoms with Crippen molar-refractivity contribution in [2.24, 2.45) is 5.92 Å². The Hall–Kier alpha value is 0.790. The first-order valence-corrected chi connectivity index (χ1v) is 7.87. The van der Waals surface area contributed by atoms with Crippen molar-refractivity contribution >= 4 is 27.7 Å². The Morgan fingerprint density at radius 2 is 2.29 bits per heavy atom. The van der Waals surface area contributed by atoms with E-state index in [9.17, 15) is 0 Å². The maximum absolute atomic E-state index is 3.60. The van der Waals surface area contributed by atoms with E-state index in [2.05, 4.69) is 46.4 Å². The first kappa shape index (κ1) is 12.9. The largest absolute Gasteiger partial charge is 0.301 e. The predicted molar refractivity (Wildman–Crippen MR) is 70.6 cm³/mol. The zero-order valence-electron chi connectivity index (χ0n) is 9.34. The van der Waals surface area contributed by atoms with Gasteiger partial charge in [0.1, 0.15) is 0 Å². The molecular weight excluding hydrogens is 258 g/mol. The van der Waals surface area contributed by atoms with Crippen molar-refractivity contribution in [3.8, 4) is 0 Å². The maximum atomic E-state index is 3.60. The van der Waals surface area contributed by atoms with Crippen LogP contribution in [-0.4, -0.2) is 40.9 Å². The van der Waals surface area contributed by atoms with Crippen LogP contribution < -0.4 is 0 Å². The molecule has 0 bridgehead atoms. The average molecular weight is 280 g/mol. The van der Waals surface area contributed by atoms with Crippen molar-refractivity contribution < 1.29 is 0 Å². The molecule has 1 aliphatic heterocycles. The fourth-order valence-electron chi connectivity index (χ4n) is 1.85. The molecule has 1 nitrogen and oxygen atoms in total. The molecule has 1 heterocycles. The van der Waals surface area contributed by atoms with E-state index in [0.717, 1.165) is 16.5 Å². The molecule has 0 aliphatic carbocycles. The van der Waals surface area contributed by atoms with Gasteiger partial charge in [0.2, 0.25) is 0 Å². The summed E-state index contributed by atoms with van der Waals surface area (Å²) in [6.45, 7) is 8.50. The van der Waals surface area contributed by atoms with Gasteiger partial charge in [0, 0.05) is 36.0 Å². The van der Waals surface area contributed by atoms with Crippen LogP contribution in [0.3, 0.4) is 0 Å². The summed E-state index contributed by atoms with van der Waals surface area (Å²) in [4.78, 5) is 2.65. The van der Waals surface area contributed by atoms with Crippen LogP contribution in [0.4, 0.5) is 0 Å². The third-order valence-corrected chi connectivity index (χ3v) is 5.28. The molecule has 1 aliphatic rings. The number of hydrogen-bond donors (Lipinski definition) is 0. The zero-order valence-corrected chi connectivity index (χ0v) is 11.7. The van der Waals surface area contributed by atoms with Gasteiger partial charge in [0.05, 0.1) is 0 Å². The fraction of sp³-hybridized carbons (Fsp3) is 1.00. The Kier molecular flexibility index (Phi) is 6.55. The lowest BCUT2D eigenvalue weighted by Gasteiger charge is -2.33. The van der Waals surface area contributed by atoms with Gasteiger partial charge in [-0.3, -0.25) is 0 Å². The van der Waals surface area contributed by atoms with Crippen LogP contribution in [0.1, 0.15) is 26.7 Å². The Morgan fingerprint density at radius 1 is 1.50 bits per heavy atom. The molecule has 0 radical (unpaired) electrons. The Labute approximate surface area is 101 Å². The Balaban J connectivity index is 2.29. The highest BCUT2D eigenvalue weighted by Crippen LogP contribution is 2.22. The molecule has 0 aromatic rings. The van der Waals surface area contributed by atoms with Crippen molar-refractivity contribution in [2.45, 2.75) is 31.9 Å². The van der Waals surface area contributed by atoms with E-state index in [1.165, 1.54) is 38.2 Å². The number of alkyl halides is 1. The molecule has 14 heavy (non-hydrogen) atoms. The summed E-state index contributed by atoms with van der Waals surface area (Å²) in [6.07, 6.45) is 2.62. The van der Waals surface area contributed by atoms with Crippen molar-refractivity contribution in [3.05, 3.63) is 0 Å². The van der Waals surface area contributed by atoms with E-state index in [0.29, 0.717) is 0 Å². The number of rotatable bonds is 5. The lowest BCUT2D eigenvalue weighted by Crippen LogP contribution is -2.40. The van der Waals surface area contributed by atoms with E-state index in [-0.39, 0.29) is 0 Å². The van der Waals surface area contributed by atoms with E-state index >= 15 is 0 Å². The number of nitrogens with zero attached hydrogens (tertiary/aromatic N) is 1. The summed E-state index contributed by atoms with van der Waals surface area (Å²) in [5.41, 5.74) is 0. The summed E-state index contributed by atoms with van der Waals surface area (Å²) < 4.78 is 0. The topological polar surface area (TPSA) is 3.24 Å². The fourth-order valence-corrected chi connectivity index (χ4v) is 3.76. The molecule has 2 unspecified atom stereocenters. The molecule has 1 saturated heterocycles. The van der Waals surface area contributed by atoms with Gasteiger partial charge in [-0.15, -0.1) is 0 Å². The van der Waals surface area contributed by atoms with Crippen LogP contribution in [0, 0.1) is 5.92 Å². The standard InChI is InChI=1S/C11H22BrNS/c1-3-10(7-12)8-13-5-6-14-11(4-2)9-13/h10-11H,3-9H2,1-2H3. The van der Waals surface area contributed by atoms with Crippen LogP contribution in [0.5, 0.6) is 0 Å². The first-order chi connectivity index (χ1) is 6.80. The third-order valence-electron chi connectivity index (χ3n) is 2.99. The van der Waals surface area contributed by atoms with Gasteiger partial charge in [-0.2, -0.15) is 11.8 Å². The minimum absolute atomic E-state index is 0.843. The van der Waals surface area contributed by atoms with Gasteiger partial charge in [-0.25, -0.2) is 0 Å². The zero-order chi connectivity index (χ0) is 10.4. The molecule has 0 aromatic heterocycles. The minimum Gasteiger partial charge on any atom is -0.301 e. The summed E-state index contributed by atoms with van der Waals surface area (Å²) in [7, 11) is 0. The summed E-state index contributed by atoms with van der Waals surface area (Å²) >= 11 is 5.76. The Morgan fingerprint density at radius 3 is 2.86 bits per heavy atom. The molecule has 3 heteroatoms. The van der Waals surface area contributed by atoms with Crippen LogP contribution in [0.15, 0.2) is 0 Å². The smallest absolute Gasteiger partial charge is 0.0172 e. The average Bonchev–Trinajstić information content (AvgIpc) is 2.26. The highest BCUT2D eigenvalue weighted by Gasteiger charge is 2.20. The lowest BCUT2D eigenvalue weighted by molar-refractivity contribution is 0.243. The normalized spacial score (nSPS) is 26.4. The van der Waals surface area contributed by atoms with E-state index < -0.39 is 0 Å². The van der Waals surface area contributed by atoms with Gasteiger partial charge in [0.25, 0.3) is 0 Å². The molecule has 84 valence electrons. The molecular formula is C11H22BrNS. The second-order valence-electron chi connectivity index (χ2n) is 4.09. The number of halogens is 1. The molecule has 0 N–H and O–H groups in total. The van der Waals surface area contributed by atoms with Crippen LogP contribution in [0.2, 0.25) is 0 Å². The van der Waals surface area contributed by atoms with Crippen LogP contribution in [-0.2, 0) is 0 Å². The molecule has 0 aromatic carbocycles. The second kappa shape index (κ2) is 7.13. The van der Waals surface area contributed by atoms with Crippen molar-refractivity contribution in [3.63, 3.8) is 0 Å². The Bertz CT molecular complexity index is 150. The van der Waals surface area contributed by atoms with E-state index in [1.807, 2.05) is 0 Å². The molecule has 2 atom stereocenters. The SMILES string of the molecule is CCC(CBr)CN1CCSC(CC)C1. The quantitative estimate of drug-likeness (QED) is 0.711. The van der Waals surface area contributed by atoms with E-state index in [4.69, 9.17) is 0 Å². The molecule has 0 spiro atoms. The first-order valence-electron chi connectivity index (χ1n) is 5.70. The van der Waals surface area contributed by atoms with Gasteiger partial charge in [-0.05, 0) is 12.3 Å². The van der Waals surface area contributed by atoms with Gasteiger partial charge < -0.3 is 4.90 Å². The molecule has 0 amide bonds. The lowest BCUT2D eigenvalue weighted by atomic mass is 10.1. The van der Waals surface area contributed by atoms with E-state index in [1.54, 1.807) is 0 Å². The number of hydrogen-bond acceptors (Lipinski definition) is 2. The molecule has 1 rings (SSSR count). The summed E-state index contributed by atoms with van der Waals surface area (Å²) in [6, 6.07) is 0. The molecule has 1 fully saturated rings. The van der Waals surface area contributed by atoms with Gasteiger partial charge in [0.15, 0.2) is 0 Å². The minimum atomic E-state index is 0.843.